The van der Waals surface area contributed by atoms with Crippen molar-refractivity contribution in [2.24, 2.45) is 0 Å². The molecule has 2 amide bonds. The number of carbonyl (C=O) groups is 2. The number of hydrogen-bond donors (Lipinski definition) is 2. The van der Waals surface area contributed by atoms with Crippen LogP contribution in [0.2, 0.25) is 5.02 Å². The Bertz CT molecular complexity index is 1060. The van der Waals surface area contributed by atoms with E-state index in [2.05, 4.69) is 10.6 Å². The zero-order valence-electron chi connectivity index (χ0n) is 13.4. The average Bonchev–Trinajstić information content (AvgIpc) is 2.58. The summed E-state index contributed by atoms with van der Waals surface area (Å²) in [6, 6.07) is 11.4. The maximum atomic E-state index is 12.3. The zero-order chi connectivity index (χ0) is 19.6. The fourth-order valence-corrected chi connectivity index (χ4v) is 3.44. The topological polar surface area (TPSA) is 102 Å². The Morgan fingerprint density at radius 3 is 2.26 bits per heavy atom. The third-order valence-corrected chi connectivity index (χ3v) is 5.14. The van der Waals surface area contributed by atoms with Gasteiger partial charge in [0.1, 0.15) is 16.2 Å². The third-order valence-electron chi connectivity index (χ3n) is 3.42. The quantitative estimate of drug-likeness (QED) is 0.338. The molecule has 2 aromatic rings. The summed E-state index contributed by atoms with van der Waals surface area (Å²) >= 11 is 10.5. The van der Waals surface area contributed by atoms with E-state index < -0.39 is 21.9 Å². The fourth-order valence-electron chi connectivity index (χ4n) is 2.21. The molecular weight excluding hydrogens is 412 g/mol. The van der Waals surface area contributed by atoms with Crippen LogP contribution in [0.1, 0.15) is 5.56 Å². The van der Waals surface area contributed by atoms with E-state index in [1.54, 1.807) is 6.07 Å². The van der Waals surface area contributed by atoms with Gasteiger partial charge in [-0.15, -0.1) is 0 Å². The zero-order valence-corrected chi connectivity index (χ0v) is 15.8. The molecule has 0 saturated carbocycles. The Hall–Kier alpha value is -2.75. The summed E-state index contributed by atoms with van der Waals surface area (Å²) < 4.78 is 29.8. The van der Waals surface area contributed by atoms with Crippen LogP contribution in [0.15, 0.2) is 59.0 Å². The number of nitrogens with one attached hydrogen (secondary N) is 2. The SMILES string of the molecule is O=C1NC(=S)NC(=O)C1=Cc1cccc(OS(=O)(=O)c2ccc(Cl)cc2)c1. The molecule has 2 N–H and O–H groups in total. The second-order valence-electron chi connectivity index (χ2n) is 5.36. The molecule has 1 aliphatic rings. The van der Waals surface area contributed by atoms with Gasteiger partial charge in [0.2, 0.25) is 0 Å². The van der Waals surface area contributed by atoms with Gasteiger partial charge in [-0.05, 0) is 60.3 Å². The van der Waals surface area contributed by atoms with Crippen molar-refractivity contribution in [2.75, 3.05) is 0 Å². The number of thiocarbonyl (C=S) groups is 1. The Labute approximate surface area is 165 Å². The molecule has 7 nitrogen and oxygen atoms in total. The van der Waals surface area contributed by atoms with Crippen LogP contribution in [0.25, 0.3) is 6.08 Å². The minimum atomic E-state index is -4.06. The molecule has 1 heterocycles. The Morgan fingerprint density at radius 2 is 1.63 bits per heavy atom. The van der Waals surface area contributed by atoms with Gasteiger partial charge >= 0.3 is 10.1 Å². The molecule has 0 unspecified atom stereocenters. The van der Waals surface area contributed by atoms with E-state index in [1.807, 2.05) is 0 Å². The number of benzene rings is 2. The highest BCUT2D eigenvalue weighted by Crippen LogP contribution is 2.22. The third kappa shape index (κ3) is 4.51. The first kappa shape index (κ1) is 19.0. The molecule has 0 radical (unpaired) electrons. The smallest absolute Gasteiger partial charge is 0.339 e. The highest BCUT2D eigenvalue weighted by molar-refractivity contribution is 7.87. The van der Waals surface area contributed by atoms with Gasteiger partial charge in [0, 0.05) is 5.02 Å². The summed E-state index contributed by atoms with van der Waals surface area (Å²) in [6.07, 6.45) is 1.30. The number of rotatable bonds is 4. The number of halogens is 1. The Balaban J connectivity index is 1.87. The molecule has 27 heavy (non-hydrogen) atoms. The van der Waals surface area contributed by atoms with Gasteiger partial charge in [-0.2, -0.15) is 8.42 Å². The van der Waals surface area contributed by atoms with Crippen LogP contribution in [-0.4, -0.2) is 25.3 Å². The molecule has 138 valence electrons. The molecule has 10 heteroatoms. The van der Waals surface area contributed by atoms with Crippen molar-refractivity contribution in [1.29, 1.82) is 0 Å². The fraction of sp³-hybridized carbons (Fsp3) is 0. The van der Waals surface area contributed by atoms with Crippen LogP contribution < -0.4 is 14.8 Å². The van der Waals surface area contributed by atoms with Crippen LogP contribution >= 0.6 is 23.8 Å². The summed E-state index contributed by atoms with van der Waals surface area (Å²) in [4.78, 5) is 23.7. The standard InChI is InChI=1S/C17H11ClN2O5S2/c18-11-4-6-13(7-5-11)27(23,24)25-12-3-1-2-10(8-12)9-14-15(21)19-17(26)20-16(14)22/h1-9H,(H2,19,20,21,22,26). The lowest BCUT2D eigenvalue weighted by Crippen LogP contribution is -2.51. The van der Waals surface area contributed by atoms with Gasteiger partial charge in [-0.3, -0.25) is 20.2 Å². The normalized spacial score (nSPS) is 14.4. The monoisotopic (exact) mass is 422 g/mol. The average molecular weight is 423 g/mol. The van der Waals surface area contributed by atoms with Crippen LogP contribution in [0.3, 0.4) is 0 Å². The van der Waals surface area contributed by atoms with Gasteiger partial charge in [-0.25, -0.2) is 0 Å². The van der Waals surface area contributed by atoms with Crippen LogP contribution in [-0.2, 0) is 19.7 Å². The first-order valence-corrected chi connectivity index (χ1v) is 9.62. The Morgan fingerprint density at radius 1 is 1.00 bits per heavy atom. The second kappa shape index (κ2) is 7.47. The van der Waals surface area contributed by atoms with Crippen molar-refractivity contribution in [1.82, 2.24) is 10.6 Å². The molecular formula is C17H11ClN2O5S2. The second-order valence-corrected chi connectivity index (χ2v) is 7.75. The van der Waals surface area contributed by atoms with Gasteiger partial charge in [-0.1, -0.05) is 23.7 Å². The Kier molecular flexibility index (Phi) is 5.26. The van der Waals surface area contributed by atoms with Gasteiger partial charge in [0.05, 0.1) is 0 Å². The molecule has 1 fully saturated rings. The van der Waals surface area contributed by atoms with Crippen molar-refractivity contribution < 1.29 is 22.2 Å². The summed E-state index contributed by atoms with van der Waals surface area (Å²) in [5.74, 6) is -1.28. The number of amides is 2. The van der Waals surface area contributed by atoms with Crippen molar-refractivity contribution in [3.63, 3.8) is 0 Å². The van der Waals surface area contributed by atoms with E-state index in [-0.39, 0.29) is 21.3 Å². The number of carbonyl (C=O) groups excluding carboxylic acids is 2. The number of hydrogen-bond acceptors (Lipinski definition) is 6. The minimum Gasteiger partial charge on any atom is -0.379 e. The molecule has 2 aromatic carbocycles. The molecule has 1 aliphatic heterocycles. The van der Waals surface area contributed by atoms with Crippen LogP contribution in [0, 0.1) is 0 Å². The van der Waals surface area contributed by atoms with Crippen molar-refractivity contribution in [3.8, 4) is 5.75 Å². The van der Waals surface area contributed by atoms with E-state index in [0.29, 0.717) is 10.6 Å². The van der Waals surface area contributed by atoms with Crippen LogP contribution in [0.5, 0.6) is 5.75 Å². The predicted molar refractivity (Wildman–Crippen MR) is 103 cm³/mol. The minimum absolute atomic E-state index is 0.0199. The van der Waals surface area contributed by atoms with E-state index in [1.165, 1.54) is 48.5 Å². The first-order valence-electron chi connectivity index (χ1n) is 7.43. The van der Waals surface area contributed by atoms with Crippen molar-refractivity contribution >= 4 is 56.9 Å². The van der Waals surface area contributed by atoms with Crippen LogP contribution in [0.4, 0.5) is 0 Å². The lowest BCUT2D eigenvalue weighted by molar-refractivity contribution is -0.123. The lowest BCUT2D eigenvalue weighted by Gasteiger charge is -2.16. The maximum absolute atomic E-state index is 12.3. The molecule has 0 aliphatic carbocycles. The van der Waals surface area contributed by atoms with Crippen molar-refractivity contribution in [3.05, 3.63) is 64.7 Å². The van der Waals surface area contributed by atoms with Gasteiger partial charge in [0.15, 0.2) is 5.11 Å². The molecule has 0 bridgehead atoms. The van der Waals surface area contributed by atoms with Crippen molar-refractivity contribution in [2.45, 2.75) is 4.90 Å². The molecule has 0 aromatic heterocycles. The van der Waals surface area contributed by atoms with Gasteiger partial charge in [0.25, 0.3) is 11.8 Å². The molecule has 0 atom stereocenters. The summed E-state index contributed by atoms with van der Waals surface area (Å²) in [5, 5.41) is 4.95. The van der Waals surface area contributed by atoms with E-state index in [4.69, 9.17) is 28.0 Å². The van der Waals surface area contributed by atoms with E-state index in [0.717, 1.165) is 0 Å². The summed E-state index contributed by atoms with van der Waals surface area (Å²) in [7, 11) is -4.06. The van der Waals surface area contributed by atoms with Gasteiger partial charge < -0.3 is 4.18 Å². The predicted octanol–water partition coefficient (Wildman–Crippen LogP) is 2.02. The molecule has 0 spiro atoms. The highest BCUT2D eigenvalue weighted by Gasteiger charge is 2.25. The molecule has 3 rings (SSSR count). The first-order chi connectivity index (χ1) is 12.7. The van der Waals surface area contributed by atoms with E-state index in [9.17, 15) is 18.0 Å². The maximum Gasteiger partial charge on any atom is 0.339 e. The summed E-state index contributed by atoms with van der Waals surface area (Å²) in [6.45, 7) is 0. The largest absolute Gasteiger partial charge is 0.379 e. The van der Waals surface area contributed by atoms with E-state index >= 15 is 0 Å². The lowest BCUT2D eigenvalue weighted by atomic mass is 10.1. The highest BCUT2D eigenvalue weighted by atomic mass is 35.5. The summed E-state index contributed by atoms with van der Waals surface area (Å²) in [5.41, 5.74) is 0.230. The molecule has 1 saturated heterocycles.